The van der Waals surface area contributed by atoms with Crippen molar-refractivity contribution in [3.8, 4) is 0 Å². The van der Waals surface area contributed by atoms with Gasteiger partial charge >= 0.3 is 0 Å². The van der Waals surface area contributed by atoms with Gasteiger partial charge in [0, 0.05) is 24.9 Å². The number of hydrogen-bond donors (Lipinski definition) is 1. The van der Waals surface area contributed by atoms with Crippen LogP contribution in [-0.4, -0.2) is 67.1 Å². The van der Waals surface area contributed by atoms with Crippen LogP contribution in [0.1, 0.15) is 48.8 Å². The van der Waals surface area contributed by atoms with Crippen molar-refractivity contribution in [2.45, 2.75) is 40.2 Å². The number of carbonyl (C=O) groups excluding carboxylic acids is 2. The molecule has 0 radical (unpaired) electrons. The van der Waals surface area contributed by atoms with Crippen molar-refractivity contribution >= 4 is 28.8 Å². The molecule has 3 heterocycles. The summed E-state index contributed by atoms with van der Waals surface area (Å²) in [5.74, 6) is -1.85. The van der Waals surface area contributed by atoms with Gasteiger partial charge in [0.15, 0.2) is 5.76 Å². The van der Waals surface area contributed by atoms with Crippen LogP contribution in [0.15, 0.2) is 48.2 Å². The quantitative estimate of drug-likeness (QED) is 0.153. The fourth-order valence-corrected chi connectivity index (χ4v) is 4.91. The van der Waals surface area contributed by atoms with Crippen molar-refractivity contribution in [3.05, 3.63) is 80.8 Å². The molecule has 1 aromatic carbocycles. The Labute approximate surface area is 215 Å². The second-order valence-electron chi connectivity index (χ2n) is 9.15. The maximum atomic E-state index is 13.3. The number of pyridine rings is 1. The lowest BCUT2D eigenvalue weighted by atomic mass is 9.96. The molecule has 1 unspecified atom stereocenters. The van der Waals surface area contributed by atoms with Crippen LogP contribution < -0.4 is 0 Å². The number of nitrogens with zero attached hydrogens (tertiary/aromatic N) is 5. The van der Waals surface area contributed by atoms with Crippen molar-refractivity contribution in [3.63, 3.8) is 0 Å². The van der Waals surface area contributed by atoms with Crippen LogP contribution in [0, 0.1) is 24.0 Å². The van der Waals surface area contributed by atoms with E-state index >= 15 is 0 Å². The monoisotopic (exact) mass is 505 g/mol. The fraction of sp³-hybridized carbons (Fsp3) is 0.370. The Morgan fingerprint density at radius 2 is 1.81 bits per heavy atom. The fourth-order valence-electron chi connectivity index (χ4n) is 4.91. The number of fused-ring (bicyclic) bond motifs is 1. The number of aromatic nitrogens is 2. The van der Waals surface area contributed by atoms with E-state index in [2.05, 4.69) is 23.7 Å². The lowest BCUT2D eigenvalue weighted by Crippen LogP contribution is -2.33. The van der Waals surface area contributed by atoms with Crippen LogP contribution in [0.4, 0.5) is 5.69 Å². The topological polar surface area (TPSA) is 121 Å². The van der Waals surface area contributed by atoms with Gasteiger partial charge in [-0.15, -0.1) is 0 Å². The standard InChI is InChI=1S/C27H31N5O5/c1-5-29(6-2)14-8-16-31-23(19-10-12-20(13-11-19)32(36)37)21(25(34)27(31)35)24(33)22-18(4)30-15-7-9-17(3)26(30)28-22/h7,9-13,15,23,33H,5-6,8,14,16H2,1-4H3/b24-21+. The molecule has 1 aliphatic rings. The minimum atomic E-state index is -0.886. The van der Waals surface area contributed by atoms with Crippen LogP contribution in [0.3, 0.4) is 0 Å². The Morgan fingerprint density at radius 1 is 1.14 bits per heavy atom. The molecule has 1 fully saturated rings. The largest absolute Gasteiger partial charge is 0.505 e. The number of benzene rings is 1. The van der Waals surface area contributed by atoms with Crippen LogP contribution in [-0.2, 0) is 9.59 Å². The number of carbonyl (C=O) groups is 2. The molecule has 1 aliphatic heterocycles. The van der Waals surface area contributed by atoms with Gasteiger partial charge in [0.1, 0.15) is 11.3 Å². The third kappa shape index (κ3) is 4.72. The molecule has 0 aliphatic carbocycles. The molecule has 1 saturated heterocycles. The number of Topliss-reactive ketones (excluding diaryl/α,β-unsaturated/α-hetero) is 1. The number of ketones is 1. The summed E-state index contributed by atoms with van der Waals surface area (Å²) >= 11 is 0. The molecule has 0 saturated carbocycles. The summed E-state index contributed by atoms with van der Waals surface area (Å²) in [5, 5.41) is 22.6. The number of aryl methyl sites for hydroxylation is 2. The molecule has 194 valence electrons. The number of hydrogen-bond acceptors (Lipinski definition) is 7. The van der Waals surface area contributed by atoms with E-state index in [4.69, 9.17) is 0 Å². The van der Waals surface area contributed by atoms with E-state index in [-0.39, 0.29) is 22.7 Å². The zero-order chi connectivity index (χ0) is 26.9. The van der Waals surface area contributed by atoms with Gasteiger partial charge in [-0.05, 0) is 69.2 Å². The molecule has 37 heavy (non-hydrogen) atoms. The highest BCUT2D eigenvalue weighted by atomic mass is 16.6. The Bertz CT molecular complexity index is 1390. The molecule has 10 heteroatoms. The lowest BCUT2D eigenvalue weighted by molar-refractivity contribution is -0.384. The number of aliphatic hydroxyl groups excluding tert-OH is 1. The lowest BCUT2D eigenvalue weighted by Gasteiger charge is -2.26. The predicted molar refractivity (Wildman–Crippen MR) is 139 cm³/mol. The van der Waals surface area contributed by atoms with Crippen LogP contribution in [0.5, 0.6) is 0 Å². The Morgan fingerprint density at radius 3 is 2.41 bits per heavy atom. The van der Waals surface area contributed by atoms with Crippen molar-refractivity contribution in [2.75, 3.05) is 26.2 Å². The van der Waals surface area contributed by atoms with Crippen LogP contribution in [0.25, 0.3) is 11.4 Å². The van der Waals surface area contributed by atoms with E-state index in [0.717, 1.165) is 25.2 Å². The van der Waals surface area contributed by atoms with E-state index in [0.29, 0.717) is 29.9 Å². The molecule has 2 aromatic heterocycles. The Kier molecular flexibility index (Phi) is 7.40. The van der Waals surface area contributed by atoms with E-state index in [9.17, 15) is 24.8 Å². The average Bonchev–Trinajstić information content (AvgIpc) is 3.36. The smallest absolute Gasteiger partial charge is 0.295 e. The first-order valence-electron chi connectivity index (χ1n) is 12.4. The summed E-state index contributed by atoms with van der Waals surface area (Å²) in [6, 6.07) is 8.61. The number of nitro groups is 1. The normalized spacial score (nSPS) is 17.3. The van der Waals surface area contributed by atoms with Gasteiger partial charge in [0.25, 0.3) is 17.4 Å². The first kappa shape index (κ1) is 26.0. The molecule has 1 atom stereocenters. The van der Waals surface area contributed by atoms with Gasteiger partial charge in [0.2, 0.25) is 0 Å². The van der Waals surface area contributed by atoms with Gasteiger partial charge in [-0.1, -0.05) is 19.9 Å². The molecule has 0 bridgehead atoms. The third-order valence-electron chi connectivity index (χ3n) is 7.04. The summed E-state index contributed by atoms with van der Waals surface area (Å²) in [7, 11) is 0. The predicted octanol–water partition coefficient (Wildman–Crippen LogP) is 4.01. The average molecular weight is 506 g/mol. The summed E-state index contributed by atoms with van der Waals surface area (Å²) < 4.78 is 1.82. The minimum Gasteiger partial charge on any atom is -0.505 e. The second-order valence-corrected chi connectivity index (χ2v) is 9.15. The second kappa shape index (κ2) is 10.5. The van der Waals surface area contributed by atoms with Crippen molar-refractivity contribution in [1.82, 2.24) is 19.2 Å². The molecule has 1 N–H and O–H groups in total. The molecular weight excluding hydrogens is 474 g/mol. The van der Waals surface area contributed by atoms with E-state index in [1.807, 2.05) is 29.7 Å². The number of rotatable bonds is 9. The highest BCUT2D eigenvalue weighted by molar-refractivity contribution is 6.46. The van der Waals surface area contributed by atoms with Gasteiger partial charge in [-0.2, -0.15) is 0 Å². The van der Waals surface area contributed by atoms with E-state index in [1.54, 1.807) is 6.92 Å². The molecule has 1 amide bonds. The van der Waals surface area contributed by atoms with Gasteiger partial charge in [-0.3, -0.25) is 19.7 Å². The number of amides is 1. The zero-order valence-electron chi connectivity index (χ0n) is 21.5. The first-order chi connectivity index (χ1) is 17.7. The molecule has 10 nitrogen and oxygen atoms in total. The molecular formula is C27H31N5O5. The zero-order valence-corrected chi connectivity index (χ0v) is 21.5. The van der Waals surface area contributed by atoms with Crippen LogP contribution in [0.2, 0.25) is 0 Å². The van der Waals surface area contributed by atoms with E-state index < -0.39 is 22.7 Å². The van der Waals surface area contributed by atoms with Crippen LogP contribution >= 0.6 is 0 Å². The summed E-state index contributed by atoms with van der Waals surface area (Å²) in [4.78, 5) is 45.5. The number of likely N-dealkylation sites (tertiary alicyclic amines) is 1. The molecule has 3 aromatic rings. The maximum Gasteiger partial charge on any atom is 0.295 e. The molecule has 4 rings (SSSR count). The van der Waals surface area contributed by atoms with Crippen molar-refractivity contribution < 1.29 is 19.6 Å². The highest BCUT2D eigenvalue weighted by Crippen LogP contribution is 2.40. The van der Waals surface area contributed by atoms with Gasteiger partial charge < -0.3 is 19.3 Å². The maximum absolute atomic E-state index is 13.3. The van der Waals surface area contributed by atoms with Gasteiger partial charge in [0.05, 0.1) is 22.2 Å². The Balaban J connectivity index is 1.82. The summed E-state index contributed by atoms with van der Waals surface area (Å²) in [6.07, 6.45) is 2.45. The summed E-state index contributed by atoms with van der Waals surface area (Å²) in [5.41, 5.74) is 2.73. The third-order valence-corrected chi connectivity index (χ3v) is 7.04. The van der Waals surface area contributed by atoms with Crippen molar-refractivity contribution in [1.29, 1.82) is 0 Å². The minimum absolute atomic E-state index is 0.0640. The Hall–Kier alpha value is -4.05. The number of aliphatic hydroxyl groups is 1. The summed E-state index contributed by atoms with van der Waals surface area (Å²) in [6.45, 7) is 10.6. The number of nitro benzene ring substituents is 1. The van der Waals surface area contributed by atoms with Gasteiger partial charge in [-0.25, -0.2) is 4.98 Å². The highest BCUT2D eigenvalue weighted by Gasteiger charge is 2.46. The van der Waals surface area contributed by atoms with E-state index in [1.165, 1.54) is 29.2 Å². The number of non-ortho nitro benzene ring substituents is 1. The first-order valence-corrected chi connectivity index (χ1v) is 12.4. The molecule has 0 spiro atoms. The van der Waals surface area contributed by atoms with Crippen molar-refractivity contribution in [2.24, 2.45) is 0 Å². The SMILES string of the molecule is CCN(CC)CCCN1C(=O)C(=O)/C(=C(/O)c2nc3c(C)cccn3c2C)C1c1ccc([N+](=O)[O-])cc1. The number of imidazole rings is 1.